The first-order valence-electron chi connectivity index (χ1n) is 6.20. The van der Waals surface area contributed by atoms with E-state index in [-0.39, 0.29) is 0 Å². The molecule has 0 fully saturated rings. The lowest BCUT2D eigenvalue weighted by atomic mass is 10.1. The second-order valence-corrected chi connectivity index (χ2v) is 4.64. The maximum atomic E-state index is 11.5. The molecule has 2 rings (SSSR count). The normalized spacial score (nSPS) is 10.6. The molecule has 108 valence electrons. The predicted octanol–water partition coefficient (Wildman–Crippen LogP) is 3.70. The van der Waals surface area contributed by atoms with Crippen LogP contribution >= 0.6 is 11.6 Å². The van der Waals surface area contributed by atoms with Gasteiger partial charge < -0.3 is 9.47 Å². The van der Waals surface area contributed by atoms with Crippen molar-refractivity contribution in [2.45, 2.75) is 0 Å². The molecule has 0 aliphatic rings. The molecule has 0 saturated carbocycles. The fraction of sp³-hybridized carbons (Fsp3) is 0.125. The molecule has 0 aliphatic carbocycles. The number of ether oxygens (including phenoxy) is 2. The van der Waals surface area contributed by atoms with Crippen LogP contribution in [0.4, 0.5) is 0 Å². The number of rotatable bonds is 4. The standard InChI is InChI=1S/C16H14ClNO3/c1-20-15-12(9-13(10-18-15)16(19)21-2)6-3-11-4-7-14(17)8-5-11/h3-10H,1-2H3/b6-3+. The molecule has 0 radical (unpaired) electrons. The molecule has 0 atom stereocenters. The van der Waals surface area contributed by atoms with Gasteiger partial charge in [0, 0.05) is 16.8 Å². The monoisotopic (exact) mass is 303 g/mol. The summed E-state index contributed by atoms with van der Waals surface area (Å²) < 4.78 is 9.87. The Morgan fingerprint density at radius 2 is 1.90 bits per heavy atom. The van der Waals surface area contributed by atoms with Crippen molar-refractivity contribution >= 4 is 29.7 Å². The minimum atomic E-state index is -0.439. The fourth-order valence-corrected chi connectivity index (χ4v) is 1.87. The number of pyridine rings is 1. The molecule has 2 aromatic rings. The summed E-state index contributed by atoms with van der Waals surface area (Å²) in [6, 6.07) is 9.07. The molecule has 5 heteroatoms. The van der Waals surface area contributed by atoms with Gasteiger partial charge in [-0.15, -0.1) is 0 Å². The zero-order valence-electron chi connectivity index (χ0n) is 11.7. The lowest BCUT2D eigenvalue weighted by Gasteiger charge is -2.05. The van der Waals surface area contributed by atoms with Crippen molar-refractivity contribution in [2.24, 2.45) is 0 Å². The number of hydrogen-bond donors (Lipinski definition) is 0. The number of benzene rings is 1. The molecule has 0 saturated heterocycles. The molecule has 0 amide bonds. The van der Waals surface area contributed by atoms with E-state index >= 15 is 0 Å². The SMILES string of the molecule is COC(=O)c1cnc(OC)c(/C=C/c2ccc(Cl)cc2)c1. The first-order chi connectivity index (χ1) is 10.1. The number of hydrogen-bond acceptors (Lipinski definition) is 4. The van der Waals surface area contributed by atoms with Crippen molar-refractivity contribution < 1.29 is 14.3 Å². The van der Waals surface area contributed by atoms with Gasteiger partial charge in [0.1, 0.15) is 0 Å². The fourth-order valence-electron chi connectivity index (χ4n) is 1.75. The maximum absolute atomic E-state index is 11.5. The van der Waals surface area contributed by atoms with Gasteiger partial charge in [0.05, 0.1) is 19.8 Å². The molecule has 4 nitrogen and oxygen atoms in total. The van der Waals surface area contributed by atoms with Gasteiger partial charge in [-0.05, 0) is 29.8 Å². The summed E-state index contributed by atoms with van der Waals surface area (Å²) in [5.41, 5.74) is 2.04. The van der Waals surface area contributed by atoms with Gasteiger partial charge in [0.15, 0.2) is 0 Å². The zero-order valence-corrected chi connectivity index (χ0v) is 12.4. The molecule has 0 spiro atoms. The van der Waals surface area contributed by atoms with Gasteiger partial charge >= 0.3 is 5.97 Å². The predicted molar refractivity (Wildman–Crippen MR) is 82.5 cm³/mol. The van der Waals surface area contributed by atoms with E-state index in [0.29, 0.717) is 22.0 Å². The first kappa shape index (κ1) is 15.1. The molecule has 1 aromatic heterocycles. The molecule has 0 unspecified atom stereocenters. The van der Waals surface area contributed by atoms with E-state index < -0.39 is 5.97 Å². The largest absolute Gasteiger partial charge is 0.481 e. The van der Waals surface area contributed by atoms with E-state index in [0.717, 1.165) is 5.56 Å². The lowest BCUT2D eigenvalue weighted by Crippen LogP contribution is -2.03. The number of esters is 1. The van der Waals surface area contributed by atoms with Gasteiger partial charge in [0.2, 0.25) is 5.88 Å². The van der Waals surface area contributed by atoms with Gasteiger partial charge in [-0.3, -0.25) is 0 Å². The average molecular weight is 304 g/mol. The third-order valence-corrected chi connectivity index (χ3v) is 3.07. The summed E-state index contributed by atoms with van der Waals surface area (Å²) in [6.07, 6.45) is 5.13. The van der Waals surface area contributed by atoms with Crippen molar-refractivity contribution in [2.75, 3.05) is 14.2 Å². The molecule has 21 heavy (non-hydrogen) atoms. The molecular weight excluding hydrogens is 290 g/mol. The smallest absolute Gasteiger partial charge is 0.339 e. The van der Waals surface area contributed by atoms with E-state index in [1.165, 1.54) is 20.4 Å². The summed E-state index contributed by atoms with van der Waals surface area (Å²) in [5.74, 6) is -0.000775. The molecule has 1 aromatic carbocycles. The second kappa shape index (κ2) is 6.90. The van der Waals surface area contributed by atoms with Crippen LogP contribution in [0.1, 0.15) is 21.5 Å². The van der Waals surface area contributed by atoms with Crippen LogP contribution in [0.5, 0.6) is 5.88 Å². The summed E-state index contributed by atoms with van der Waals surface area (Å²) in [6.45, 7) is 0. The Morgan fingerprint density at radius 3 is 2.52 bits per heavy atom. The molecular formula is C16H14ClNO3. The van der Waals surface area contributed by atoms with Crippen molar-refractivity contribution in [3.63, 3.8) is 0 Å². The third kappa shape index (κ3) is 3.83. The van der Waals surface area contributed by atoms with Crippen molar-refractivity contribution in [3.05, 3.63) is 58.2 Å². The summed E-state index contributed by atoms with van der Waals surface area (Å²) >= 11 is 5.84. The number of nitrogens with zero attached hydrogens (tertiary/aromatic N) is 1. The summed E-state index contributed by atoms with van der Waals surface area (Å²) in [5, 5.41) is 0.680. The Labute approximate surface area is 128 Å². The van der Waals surface area contributed by atoms with Gasteiger partial charge in [0.25, 0.3) is 0 Å². The Morgan fingerprint density at radius 1 is 1.19 bits per heavy atom. The Kier molecular flexibility index (Phi) is 4.95. The molecule has 0 N–H and O–H groups in total. The number of methoxy groups -OCH3 is 2. The topological polar surface area (TPSA) is 48.4 Å². The van der Waals surface area contributed by atoms with Crippen LogP contribution in [-0.4, -0.2) is 25.2 Å². The lowest BCUT2D eigenvalue weighted by molar-refractivity contribution is 0.0600. The highest BCUT2D eigenvalue weighted by Crippen LogP contribution is 2.20. The van der Waals surface area contributed by atoms with Gasteiger partial charge in [-0.1, -0.05) is 29.8 Å². The first-order valence-corrected chi connectivity index (χ1v) is 6.58. The van der Waals surface area contributed by atoms with Crippen LogP contribution in [-0.2, 0) is 4.74 Å². The van der Waals surface area contributed by atoms with E-state index in [1.807, 2.05) is 36.4 Å². The Balaban J connectivity index is 2.32. The van der Waals surface area contributed by atoms with Gasteiger partial charge in [-0.25, -0.2) is 9.78 Å². The second-order valence-electron chi connectivity index (χ2n) is 4.20. The number of aromatic nitrogens is 1. The van der Waals surface area contributed by atoms with Gasteiger partial charge in [-0.2, -0.15) is 0 Å². The van der Waals surface area contributed by atoms with Crippen molar-refractivity contribution in [1.82, 2.24) is 4.98 Å². The highest BCUT2D eigenvalue weighted by Gasteiger charge is 2.09. The van der Waals surface area contributed by atoms with Crippen LogP contribution in [0.15, 0.2) is 36.5 Å². The summed E-state index contributed by atoms with van der Waals surface area (Å²) in [4.78, 5) is 15.6. The van der Waals surface area contributed by atoms with E-state index in [2.05, 4.69) is 9.72 Å². The zero-order chi connectivity index (χ0) is 15.2. The number of halogens is 1. The highest BCUT2D eigenvalue weighted by molar-refractivity contribution is 6.30. The minimum Gasteiger partial charge on any atom is -0.481 e. The van der Waals surface area contributed by atoms with Crippen LogP contribution in [0.3, 0.4) is 0 Å². The molecule has 1 heterocycles. The van der Waals surface area contributed by atoms with E-state index in [4.69, 9.17) is 16.3 Å². The maximum Gasteiger partial charge on any atom is 0.339 e. The number of carbonyl (C=O) groups is 1. The van der Waals surface area contributed by atoms with Crippen LogP contribution in [0.25, 0.3) is 12.2 Å². The van der Waals surface area contributed by atoms with E-state index in [1.54, 1.807) is 6.07 Å². The quantitative estimate of drug-likeness (QED) is 0.808. The van der Waals surface area contributed by atoms with E-state index in [9.17, 15) is 4.79 Å². The molecule has 0 bridgehead atoms. The van der Waals surface area contributed by atoms with Crippen LogP contribution in [0, 0.1) is 0 Å². The van der Waals surface area contributed by atoms with Crippen molar-refractivity contribution in [1.29, 1.82) is 0 Å². The third-order valence-electron chi connectivity index (χ3n) is 2.82. The minimum absolute atomic E-state index is 0.369. The highest BCUT2D eigenvalue weighted by atomic mass is 35.5. The van der Waals surface area contributed by atoms with Crippen molar-refractivity contribution in [3.8, 4) is 5.88 Å². The molecule has 0 aliphatic heterocycles. The van der Waals surface area contributed by atoms with Crippen LogP contribution < -0.4 is 4.74 Å². The average Bonchev–Trinajstić information content (AvgIpc) is 2.53. The number of carbonyl (C=O) groups excluding carboxylic acids is 1. The Bertz CT molecular complexity index is 666. The summed E-state index contributed by atoms with van der Waals surface area (Å²) in [7, 11) is 2.86. The van der Waals surface area contributed by atoms with Crippen LogP contribution in [0.2, 0.25) is 5.02 Å². The Hall–Kier alpha value is -2.33.